The number of carbonyl (C=O) groups is 1. The topological polar surface area (TPSA) is 95.7 Å². The van der Waals surface area contributed by atoms with Crippen LogP contribution >= 0.6 is 11.6 Å². The lowest BCUT2D eigenvalue weighted by molar-refractivity contribution is -0.384. The third-order valence-electron chi connectivity index (χ3n) is 4.96. The summed E-state index contributed by atoms with van der Waals surface area (Å²) in [6, 6.07) is 5.42. The minimum atomic E-state index is -0.766. The SMILES string of the molecule is O=C(O)CN(CC1CC1)C1CC(NCc2ccc([N+](=O)[O-])c(Cl)c2)C1. The van der Waals surface area contributed by atoms with Crippen molar-refractivity contribution in [2.75, 3.05) is 13.1 Å². The number of hydrogen-bond acceptors (Lipinski definition) is 5. The fourth-order valence-electron chi connectivity index (χ4n) is 3.27. The van der Waals surface area contributed by atoms with Gasteiger partial charge in [-0.05, 0) is 43.2 Å². The number of rotatable bonds is 9. The van der Waals surface area contributed by atoms with Gasteiger partial charge >= 0.3 is 5.97 Å². The molecule has 0 unspecified atom stereocenters. The number of carboxylic acids is 1. The van der Waals surface area contributed by atoms with Crippen LogP contribution in [0.1, 0.15) is 31.2 Å². The largest absolute Gasteiger partial charge is 0.480 e. The second-order valence-electron chi connectivity index (χ2n) is 7.01. The van der Waals surface area contributed by atoms with E-state index in [1.807, 2.05) is 0 Å². The molecule has 0 aliphatic heterocycles. The summed E-state index contributed by atoms with van der Waals surface area (Å²) < 4.78 is 0. The summed E-state index contributed by atoms with van der Waals surface area (Å²) in [7, 11) is 0. The number of nitrogens with one attached hydrogen (secondary N) is 1. The molecule has 0 aromatic heterocycles. The van der Waals surface area contributed by atoms with Crippen LogP contribution in [0.4, 0.5) is 5.69 Å². The summed E-state index contributed by atoms with van der Waals surface area (Å²) >= 11 is 5.92. The highest BCUT2D eigenvalue weighted by Gasteiger charge is 2.36. The van der Waals surface area contributed by atoms with Crippen LogP contribution in [-0.2, 0) is 11.3 Å². The van der Waals surface area contributed by atoms with E-state index in [0.717, 1.165) is 24.9 Å². The Morgan fingerprint density at radius 2 is 2.12 bits per heavy atom. The molecule has 8 heteroatoms. The molecule has 2 fully saturated rings. The molecule has 0 radical (unpaired) electrons. The molecule has 0 spiro atoms. The summed E-state index contributed by atoms with van der Waals surface area (Å²) in [5, 5.41) is 23.4. The van der Waals surface area contributed by atoms with Gasteiger partial charge < -0.3 is 10.4 Å². The number of hydrogen-bond donors (Lipinski definition) is 2. The van der Waals surface area contributed by atoms with Gasteiger partial charge in [0.15, 0.2) is 0 Å². The number of aliphatic carboxylic acids is 1. The van der Waals surface area contributed by atoms with Gasteiger partial charge in [0, 0.05) is 31.2 Å². The molecule has 136 valence electrons. The van der Waals surface area contributed by atoms with E-state index in [9.17, 15) is 14.9 Å². The molecule has 3 rings (SSSR count). The second kappa shape index (κ2) is 7.68. The highest BCUT2D eigenvalue weighted by molar-refractivity contribution is 6.32. The monoisotopic (exact) mass is 367 g/mol. The Hall–Kier alpha value is -1.70. The van der Waals surface area contributed by atoms with Gasteiger partial charge in [-0.15, -0.1) is 0 Å². The van der Waals surface area contributed by atoms with Crippen LogP contribution in [0.25, 0.3) is 0 Å². The van der Waals surface area contributed by atoms with Gasteiger partial charge in [0.2, 0.25) is 0 Å². The minimum absolute atomic E-state index is 0.0847. The van der Waals surface area contributed by atoms with Gasteiger partial charge in [-0.2, -0.15) is 0 Å². The maximum Gasteiger partial charge on any atom is 0.317 e. The van der Waals surface area contributed by atoms with E-state index in [4.69, 9.17) is 16.7 Å². The van der Waals surface area contributed by atoms with Gasteiger partial charge in [-0.1, -0.05) is 17.7 Å². The van der Waals surface area contributed by atoms with Crippen molar-refractivity contribution in [3.05, 3.63) is 38.9 Å². The summed E-state index contributed by atoms with van der Waals surface area (Å²) in [5.41, 5.74) is 0.818. The first-order valence-electron chi connectivity index (χ1n) is 8.54. The Labute approximate surface area is 151 Å². The molecule has 1 aromatic rings. The van der Waals surface area contributed by atoms with Gasteiger partial charge in [0.25, 0.3) is 5.69 Å². The number of nitro groups is 1. The third kappa shape index (κ3) is 4.90. The van der Waals surface area contributed by atoms with Crippen molar-refractivity contribution in [3.8, 4) is 0 Å². The molecule has 2 N–H and O–H groups in total. The van der Waals surface area contributed by atoms with E-state index in [0.29, 0.717) is 24.5 Å². The zero-order valence-electron chi connectivity index (χ0n) is 13.9. The predicted octanol–water partition coefficient (Wildman–Crippen LogP) is 2.67. The Morgan fingerprint density at radius 3 is 2.68 bits per heavy atom. The molecule has 2 saturated carbocycles. The molecule has 0 heterocycles. The molecule has 7 nitrogen and oxygen atoms in total. The van der Waals surface area contributed by atoms with Crippen molar-refractivity contribution in [3.63, 3.8) is 0 Å². The average molecular weight is 368 g/mol. The maximum absolute atomic E-state index is 11.0. The quantitative estimate of drug-likeness (QED) is 0.514. The number of nitro benzene ring substituents is 1. The van der Waals surface area contributed by atoms with Crippen LogP contribution in [0.15, 0.2) is 18.2 Å². The van der Waals surface area contributed by atoms with Crippen LogP contribution in [0.5, 0.6) is 0 Å². The molecule has 2 aliphatic rings. The zero-order chi connectivity index (χ0) is 18.0. The van der Waals surface area contributed by atoms with Crippen LogP contribution in [0.2, 0.25) is 5.02 Å². The van der Waals surface area contributed by atoms with Crippen LogP contribution in [0.3, 0.4) is 0 Å². The first kappa shape index (κ1) is 18.1. The molecule has 25 heavy (non-hydrogen) atoms. The van der Waals surface area contributed by atoms with Crippen molar-refractivity contribution in [1.82, 2.24) is 10.2 Å². The first-order valence-corrected chi connectivity index (χ1v) is 8.92. The normalized spacial score (nSPS) is 22.6. The van der Waals surface area contributed by atoms with Crippen molar-refractivity contribution in [2.45, 2.75) is 44.3 Å². The summed E-state index contributed by atoms with van der Waals surface area (Å²) in [6.07, 6.45) is 4.29. The molecule has 0 amide bonds. The highest BCUT2D eigenvalue weighted by atomic mass is 35.5. The van der Waals surface area contributed by atoms with E-state index in [-0.39, 0.29) is 17.3 Å². The summed E-state index contributed by atoms with van der Waals surface area (Å²) in [5.74, 6) is -0.0915. The van der Waals surface area contributed by atoms with Gasteiger partial charge in [0.05, 0.1) is 11.5 Å². The van der Waals surface area contributed by atoms with Gasteiger partial charge in [-0.25, -0.2) is 0 Å². The molecular weight excluding hydrogens is 346 g/mol. The lowest BCUT2D eigenvalue weighted by Gasteiger charge is -2.43. The van der Waals surface area contributed by atoms with E-state index in [1.54, 1.807) is 12.1 Å². The van der Waals surface area contributed by atoms with E-state index in [1.165, 1.54) is 18.9 Å². The molecule has 1 aromatic carbocycles. The van der Waals surface area contributed by atoms with Crippen molar-refractivity contribution in [2.24, 2.45) is 5.92 Å². The van der Waals surface area contributed by atoms with Crippen molar-refractivity contribution < 1.29 is 14.8 Å². The van der Waals surface area contributed by atoms with Crippen LogP contribution in [0, 0.1) is 16.0 Å². The zero-order valence-corrected chi connectivity index (χ0v) is 14.6. The van der Waals surface area contributed by atoms with E-state index >= 15 is 0 Å². The molecule has 0 saturated heterocycles. The summed E-state index contributed by atoms with van der Waals surface area (Å²) in [6.45, 7) is 1.60. The van der Waals surface area contributed by atoms with Crippen LogP contribution < -0.4 is 5.32 Å². The number of halogens is 1. The predicted molar refractivity (Wildman–Crippen MR) is 93.7 cm³/mol. The van der Waals surface area contributed by atoms with E-state index in [2.05, 4.69) is 10.2 Å². The molecule has 0 bridgehead atoms. The van der Waals surface area contributed by atoms with E-state index < -0.39 is 10.9 Å². The van der Waals surface area contributed by atoms with Crippen molar-refractivity contribution in [1.29, 1.82) is 0 Å². The number of benzene rings is 1. The number of carboxylic acid groups (broad SMARTS) is 1. The maximum atomic E-state index is 11.0. The molecule has 0 atom stereocenters. The van der Waals surface area contributed by atoms with Gasteiger partial charge in [-0.3, -0.25) is 19.8 Å². The lowest BCUT2D eigenvalue weighted by Crippen LogP contribution is -2.54. The summed E-state index contributed by atoms with van der Waals surface area (Å²) in [4.78, 5) is 23.4. The first-order chi connectivity index (χ1) is 11.9. The standard InChI is InChI=1S/C17H22ClN3O4/c18-15-5-12(3-4-16(15)21(24)25)8-19-13-6-14(7-13)20(10-17(22)23)9-11-1-2-11/h3-5,11,13-14,19H,1-2,6-10H2,(H,22,23). The Morgan fingerprint density at radius 1 is 1.40 bits per heavy atom. The molecule has 2 aliphatic carbocycles. The molecular formula is C17H22ClN3O4. The average Bonchev–Trinajstić information content (AvgIpc) is 3.28. The lowest BCUT2D eigenvalue weighted by atomic mass is 9.85. The fraction of sp³-hybridized carbons (Fsp3) is 0.588. The Balaban J connectivity index is 1.45. The minimum Gasteiger partial charge on any atom is -0.480 e. The smallest absolute Gasteiger partial charge is 0.317 e. The Bertz CT molecular complexity index is 659. The van der Waals surface area contributed by atoms with Gasteiger partial charge in [0.1, 0.15) is 5.02 Å². The fourth-order valence-corrected chi connectivity index (χ4v) is 3.54. The van der Waals surface area contributed by atoms with Crippen LogP contribution in [-0.4, -0.2) is 46.1 Å². The highest BCUT2D eigenvalue weighted by Crippen LogP contribution is 2.34. The second-order valence-corrected chi connectivity index (χ2v) is 7.42. The Kier molecular flexibility index (Phi) is 5.56. The third-order valence-corrected chi connectivity index (χ3v) is 5.26. The number of nitrogens with zero attached hydrogens (tertiary/aromatic N) is 2. The van der Waals surface area contributed by atoms with Crippen molar-refractivity contribution >= 4 is 23.3 Å².